The molecule has 0 radical (unpaired) electrons. The second-order valence-corrected chi connectivity index (χ2v) is 3.44. The van der Waals surface area contributed by atoms with Crippen LogP contribution in [0.4, 0.5) is 5.82 Å². The van der Waals surface area contributed by atoms with E-state index in [-0.39, 0.29) is 5.50 Å². The third-order valence-electron chi connectivity index (χ3n) is 1.54. The summed E-state index contributed by atoms with van der Waals surface area (Å²) >= 11 is 1.62. The molecule has 0 amide bonds. The largest absolute Gasteiger partial charge is 0.344 e. The molecule has 0 saturated heterocycles. The molecule has 2 N–H and O–H groups in total. The second-order valence-electron chi connectivity index (χ2n) is 2.42. The zero-order valence-electron chi connectivity index (χ0n) is 6.53. The van der Waals surface area contributed by atoms with Crippen LogP contribution in [0.25, 0.3) is 0 Å². The number of nitrogens with zero attached hydrogens (tertiary/aromatic N) is 2. The highest BCUT2D eigenvalue weighted by atomic mass is 32.2. The van der Waals surface area contributed by atoms with Crippen molar-refractivity contribution in [3.63, 3.8) is 0 Å². The molecule has 4 nitrogen and oxygen atoms in total. The summed E-state index contributed by atoms with van der Waals surface area (Å²) in [6, 6.07) is 1.95. The van der Waals surface area contributed by atoms with Gasteiger partial charge in [-0.2, -0.15) is 9.19 Å². The van der Waals surface area contributed by atoms with Crippen LogP contribution in [0.1, 0.15) is 0 Å². The third-order valence-corrected chi connectivity index (χ3v) is 2.53. The van der Waals surface area contributed by atoms with Crippen molar-refractivity contribution >= 4 is 17.8 Å². The maximum Gasteiger partial charge on any atom is 0.148 e. The highest BCUT2D eigenvalue weighted by Gasteiger charge is 2.20. The van der Waals surface area contributed by atoms with Crippen LogP contribution in [-0.4, -0.2) is 21.2 Å². The Morgan fingerprint density at radius 2 is 2.83 bits per heavy atom. The molecule has 2 rings (SSSR count). The van der Waals surface area contributed by atoms with Crippen molar-refractivity contribution in [1.29, 1.82) is 0 Å². The maximum atomic E-state index is 4.11. The molecular formula is C7H10N4S. The van der Waals surface area contributed by atoms with Crippen molar-refractivity contribution in [3.8, 4) is 0 Å². The Labute approximate surface area is 75.2 Å². The fraction of sp³-hybridized carbons (Fsp3) is 0.286. The van der Waals surface area contributed by atoms with Crippen molar-refractivity contribution in [2.75, 3.05) is 11.9 Å². The standard InChI is InChI=1S/C7H10N4S/c1-2-4-8-7-10-6-3-5-9-11(6)12-7/h2-3,5,7-8,10H,1,4H2. The first-order valence-corrected chi connectivity index (χ1v) is 4.56. The van der Waals surface area contributed by atoms with Crippen LogP contribution in [0.3, 0.4) is 0 Å². The van der Waals surface area contributed by atoms with Crippen LogP contribution in [0, 0.1) is 0 Å². The first kappa shape index (κ1) is 7.70. The summed E-state index contributed by atoms with van der Waals surface area (Å²) in [5.41, 5.74) is 0.215. The Hall–Kier alpha value is -0.940. The SMILES string of the molecule is C=CCNC1Nc2ccnn2S1. The summed E-state index contributed by atoms with van der Waals surface area (Å²) in [7, 11) is 0. The Morgan fingerprint density at radius 3 is 3.58 bits per heavy atom. The summed E-state index contributed by atoms with van der Waals surface area (Å²) in [6.45, 7) is 4.44. The zero-order valence-corrected chi connectivity index (χ0v) is 7.34. The fourth-order valence-electron chi connectivity index (χ4n) is 1.02. The van der Waals surface area contributed by atoms with Gasteiger partial charge in [-0.1, -0.05) is 6.08 Å². The van der Waals surface area contributed by atoms with Gasteiger partial charge in [0, 0.05) is 24.6 Å². The lowest BCUT2D eigenvalue weighted by Gasteiger charge is -2.08. The van der Waals surface area contributed by atoms with E-state index in [0.717, 1.165) is 12.4 Å². The fourth-order valence-corrected chi connectivity index (χ4v) is 1.90. The second kappa shape index (κ2) is 3.20. The molecule has 5 heteroatoms. The maximum absolute atomic E-state index is 4.11. The van der Waals surface area contributed by atoms with E-state index in [2.05, 4.69) is 22.3 Å². The molecule has 1 atom stereocenters. The molecule has 64 valence electrons. The van der Waals surface area contributed by atoms with Crippen LogP contribution in [0.5, 0.6) is 0 Å². The lowest BCUT2D eigenvalue weighted by molar-refractivity contribution is 0.770. The molecule has 0 fully saturated rings. The van der Waals surface area contributed by atoms with Gasteiger partial charge >= 0.3 is 0 Å². The number of rotatable bonds is 3. The van der Waals surface area contributed by atoms with Crippen molar-refractivity contribution in [3.05, 3.63) is 24.9 Å². The van der Waals surface area contributed by atoms with E-state index in [1.165, 1.54) is 0 Å². The molecule has 0 aliphatic carbocycles. The molecule has 0 aromatic carbocycles. The van der Waals surface area contributed by atoms with Crippen LogP contribution in [-0.2, 0) is 0 Å². The molecule has 1 unspecified atom stereocenters. The summed E-state index contributed by atoms with van der Waals surface area (Å²) in [5.74, 6) is 1.04. The van der Waals surface area contributed by atoms with E-state index < -0.39 is 0 Å². The zero-order chi connectivity index (χ0) is 8.39. The van der Waals surface area contributed by atoms with Crippen molar-refractivity contribution < 1.29 is 0 Å². The molecule has 1 aliphatic heterocycles. The van der Waals surface area contributed by atoms with Gasteiger partial charge in [0.1, 0.15) is 11.3 Å². The van der Waals surface area contributed by atoms with Gasteiger partial charge in [0.2, 0.25) is 0 Å². The van der Waals surface area contributed by atoms with Crippen molar-refractivity contribution in [1.82, 2.24) is 14.5 Å². The van der Waals surface area contributed by atoms with Gasteiger partial charge in [-0.25, -0.2) is 0 Å². The summed E-state index contributed by atoms with van der Waals surface area (Å²) < 4.78 is 1.86. The van der Waals surface area contributed by atoms with Crippen LogP contribution >= 0.6 is 11.9 Å². The lowest BCUT2D eigenvalue weighted by atomic mass is 10.6. The minimum atomic E-state index is 0.215. The lowest BCUT2D eigenvalue weighted by Crippen LogP contribution is -2.30. The number of hydrogen-bond donors (Lipinski definition) is 2. The predicted octanol–water partition coefficient (Wildman–Crippen LogP) is 0.864. The smallest absolute Gasteiger partial charge is 0.148 e. The van der Waals surface area contributed by atoms with Gasteiger partial charge < -0.3 is 5.32 Å². The number of hydrogen-bond acceptors (Lipinski definition) is 4. The highest BCUT2D eigenvalue weighted by molar-refractivity contribution is 7.98. The molecule has 0 spiro atoms. The Bertz CT molecular complexity index is 262. The monoisotopic (exact) mass is 182 g/mol. The van der Waals surface area contributed by atoms with E-state index in [1.807, 2.05) is 16.2 Å². The quantitative estimate of drug-likeness (QED) is 0.680. The van der Waals surface area contributed by atoms with Gasteiger partial charge in [0.05, 0.1) is 6.20 Å². The Morgan fingerprint density at radius 1 is 1.92 bits per heavy atom. The highest BCUT2D eigenvalue weighted by Crippen LogP contribution is 2.26. The molecule has 12 heavy (non-hydrogen) atoms. The van der Waals surface area contributed by atoms with Gasteiger partial charge in [-0.15, -0.1) is 6.58 Å². The first-order valence-electron chi connectivity index (χ1n) is 3.72. The van der Waals surface area contributed by atoms with E-state index in [0.29, 0.717) is 0 Å². The first-order chi connectivity index (χ1) is 5.90. The van der Waals surface area contributed by atoms with E-state index in [9.17, 15) is 0 Å². The van der Waals surface area contributed by atoms with Crippen LogP contribution < -0.4 is 10.6 Å². The van der Waals surface area contributed by atoms with E-state index in [1.54, 1.807) is 18.1 Å². The van der Waals surface area contributed by atoms with Gasteiger partial charge in [0.15, 0.2) is 0 Å². The third kappa shape index (κ3) is 1.33. The molecule has 1 aliphatic rings. The Kier molecular flexibility index (Phi) is 2.05. The van der Waals surface area contributed by atoms with E-state index in [4.69, 9.17) is 0 Å². The molecule has 2 heterocycles. The normalized spacial score (nSPS) is 20.2. The average molecular weight is 182 g/mol. The average Bonchev–Trinajstić information content (AvgIpc) is 2.58. The van der Waals surface area contributed by atoms with E-state index >= 15 is 0 Å². The minimum absolute atomic E-state index is 0.215. The summed E-state index contributed by atoms with van der Waals surface area (Å²) in [4.78, 5) is 0. The minimum Gasteiger partial charge on any atom is -0.344 e. The Balaban J connectivity index is 1.94. The van der Waals surface area contributed by atoms with Gasteiger partial charge in [-0.3, -0.25) is 5.32 Å². The van der Waals surface area contributed by atoms with Gasteiger partial charge in [0.25, 0.3) is 0 Å². The number of anilines is 1. The summed E-state index contributed by atoms with van der Waals surface area (Å²) in [5, 5.41) is 10.6. The molecular weight excluding hydrogens is 172 g/mol. The molecule has 1 aromatic heterocycles. The predicted molar refractivity (Wildman–Crippen MR) is 50.8 cm³/mol. The van der Waals surface area contributed by atoms with Crippen LogP contribution in [0.15, 0.2) is 24.9 Å². The molecule has 1 aromatic rings. The number of fused-ring (bicyclic) bond motifs is 1. The van der Waals surface area contributed by atoms with Crippen LogP contribution in [0.2, 0.25) is 0 Å². The number of nitrogens with one attached hydrogen (secondary N) is 2. The summed E-state index contributed by atoms with van der Waals surface area (Å²) in [6.07, 6.45) is 3.61. The molecule has 0 saturated carbocycles. The topological polar surface area (TPSA) is 41.9 Å². The van der Waals surface area contributed by atoms with Gasteiger partial charge in [-0.05, 0) is 0 Å². The molecule has 0 bridgehead atoms. The number of aromatic nitrogens is 2. The van der Waals surface area contributed by atoms with Crippen molar-refractivity contribution in [2.45, 2.75) is 5.50 Å². The van der Waals surface area contributed by atoms with Crippen molar-refractivity contribution in [2.24, 2.45) is 0 Å².